The first kappa shape index (κ1) is 20.4. The largest absolute Gasteiger partial charge is 0.489 e. The van der Waals surface area contributed by atoms with Gasteiger partial charge >= 0.3 is 5.97 Å². The van der Waals surface area contributed by atoms with Crippen molar-refractivity contribution in [2.75, 3.05) is 0 Å². The molecule has 0 unspecified atom stereocenters. The van der Waals surface area contributed by atoms with E-state index in [0.29, 0.717) is 17.9 Å². The summed E-state index contributed by atoms with van der Waals surface area (Å²) in [6.07, 6.45) is -0.481. The van der Waals surface area contributed by atoms with Crippen LogP contribution in [0, 0.1) is 13.8 Å². The van der Waals surface area contributed by atoms with E-state index in [1.165, 1.54) is 0 Å². The van der Waals surface area contributed by atoms with Gasteiger partial charge in [0.1, 0.15) is 18.1 Å². The molecule has 0 radical (unpaired) electrons. The van der Waals surface area contributed by atoms with Gasteiger partial charge in [0.2, 0.25) is 0 Å². The van der Waals surface area contributed by atoms with Gasteiger partial charge < -0.3 is 14.0 Å². The first-order chi connectivity index (χ1) is 15.1. The Bertz CT molecular complexity index is 1080. The normalized spacial score (nSPS) is 10.8. The van der Waals surface area contributed by atoms with Crippen LogP contribution in [0.25, 0.3) is 0 Å². The van der Waals surface area contributed by atoms with Crippen LogP contribution in [0.3, 0.4) is 0 Å². The molecule has 1 heterocycles. The monoisotopic (exact) mass is 413 g/mol. The Morgan fingerprint density at radius 1 is 0.871 bits per heavy atom. The van der Waals surface area contributed by atoms with E-state index >= 15 is 0 Å². The number of esters is 1. The predicted octanol–water partition coefficient (Wildman–Crippen LogP) is 5.82. The summed E-state index contributed by atoms with van der Waals surface area (Å²) in [6, 6.07) is 26.4. The lowest BCUT2D eigenvalue weighted by Gasteiger charge is -2.19. The molecule has 0 N–H and O–H groups in total. The molecule has 0 aliphatic rings. The van der Waals surface area contributed by atoms with E-state index in [9.17, 15) is 4.79 Å². The first-order valence-electron chi connectivity index (χ1n) is 10.1. The number of ether oxygens (including phenoxy) is 2. The molecule has 4 rings (SSSR count). The fraction of sp³-hybridized carbons (Fsp3) is 0.154. The maximum Gasteiger partial charge on any atom is 0.339 e. The lowest BCUT2D eigenvalue weighted by Crippen LogP contribution is -2.13. The Morgan fingerprint density at radius 3 is 1.97 bits per heavy atom. The van der Waals surface area contributed by atoms with Crippen LogP contribution in [-0.4, -0.2) is 11.1 Å². The molecule has 5 nitrogen and oxygen atoms in total. The van der Waals surface area contributed by atoms with Crippen molar-refractivity contribution < 1.29 is 18.8 Å². The van der Waals surface area contributed by atoms with E-state index in [1.54, 1.807) is 24.3 Å². The summed E-state index contributed by atoms with van der Waals surface area (Å²) in [4.78, 5) is 12.9. The van der Waals surface area contributed by atoms with Crippen LogP contribution in [0.1, 0.15) is 44.6 Å². The third-order valence-electron chi connectivity index (χ3n) is 5.08. The molecule has 0 aliphatic carbocycles. The van der Waals surface area contributed by atoms with Gasteiger partial charge in [-0.25, -0.2) is 4.79 Å². The second-order valence-corrected chi connectivity index (χ2v) is 7.22. The topological polar surface area (TPSA) is 61.6 Å². The fourth-order valence-corrected chi connectivity index (χ4v) is 3.31. The fourth-order valence-electron chi connectivity index (χ4n) is 3.31. The molecule has 5 heteroatoms. The van der Waals surface area contributed by atoms with Crippen LogP contribution >= 0.6 is 0 Å². The van der Waals surface area contributed by atoms with Gasteiger partial charge in [-0.15, -0.1) is 0 Å². The summed E-state index contributed by atoms with van der Waals surface area (Å²) >= 11 is 0. The number of benzene rings is 3. The van der Waals surface area contributed by atoms with Crippen LogP contribution in [0.4, 0.5) is 0 Å². The minimum Gasteiger partial charge on any atom is -0.489 e. The molecule has 0 atom stereocenters. The molecule has 0 bridgehead atoms. The molecule has 0 saturated heterocycles. The Kier molecular flexibility index (Phi) is 6.13. The molecule has 4 aromatic rings. The maximum absolute atomic E-state index is 12.9. The van der Waals surface area contributed by atoms with E-state index in [1.807, 2.05) is 74.5 Å². The van der Waals surface area contributed by atoms with Crippen LogP contribution in [-0.2, 0) is 11.3 Å². The van der Waals surface area contributed by atoms with Gasteiger partial charge in [0.15, 0.2) is 6.10 Å². The molecule has 1 aromatic heterocycles. The van der Waals surface area contributed by atoms with E-state index in [2.05, 4.69) is 5.16 Å². The third kappa shape index (κ3) is 4.83. The highest BCUT2D eigenvalue weighted by Crippen LogP contribution is 2.27. The lowest BCUT2D eigenvalue weighted by molar-refractivity contribution is 0.0378. The Morgan fingerprint density at radius 2 is 1.45 bits per heavy atom. The lowest BCUT2D eigenvalue weighted by atomic mass is 10.0. The average molecular weight is 413 g/mol. The first-order valence-corrected chi connectivity index (χ1v) is 10.1. The molecule has 0 amide bonds. The quantitative estimate of drug-likeness (QED) is 0.358. The Hall–Kier alpha value is -3.86. The number of aromatic nitrogens is 1. The van der Waals surface area contributed by atoms with E-state index < -0.39 is 12.1 Å². The van der Waals surface area contributed by atoms with Crippen LogP contribution < -0.4 is 4.74 Å². The highest BCUT2D eigenvalue weighted by molar-refractivity contribution is 5.89. The van der Waals surface area contributed by atoms with E-state index in [0.717, 1.165) is 28.1 Å². The second kappa shape index (κ2) is 9.30. The highest BCUT2D eigenvalue weighted by atomic mass is 16.5. The maximum atomic E-state index is 12.9. The summed E-state index contributed by atoms with van der Waals surface area (Å²) in [7, 11) is 0. The SMILES string of the molecule is Cc1noc(C)c1COc1ccc(C(=O)OC(c2ccccc2)c2ccccc2)cc1. The second-order valence-electron chi connectivity index (χ2n) is 7.22. The van der Waals surface area contributed by atoms with Crippen molar-refractivity contribution in [3.05, 3.63) is 119 Å². The van der Waals surface area contributed by atoms with E-state index in [4.69, 9.17) is 14.0 Å². The number of aryl methyl sites for hydroxylation is 2. The minimum atomic E-state index is -0.481. The molecule has 0 aliphatic heterocycles. The van der Waals surface area contributed by atoms with Gasteiger partial charge in [-0.2, -0.15) is 0 Å². The standard InChI is InChI=1S/C26H23NO4/c1-18-24(19(2)31-27-18)17-29-23-15-13-22(14-16-23)26(28)30-25(20-9-5-3-6-10-20)21-11-7-4-8-12-21/h3-16,25H,17H2,1-2H3. The van der Waals surface area contributed by atoms with Crippen molar-refractivity contribution in [1.29, 1.82) is 0 Å². The predicted molar refractivity (Wildman–Crippen MR) is 117 cm³/mol. The molecular formula is C26H23NO4. The van der Waals surface area contributed by atoms with Crippen LogP contribution in [0.5, 0.6) is 5.75 Å². The van der Waals surface area contributed by atoms with Gasteiger partial charge in [0, 0.05) is 0 Å². The van der Waals surface area contributed by atoms with Gasteiger partial charge in [-0.1, -0.05) is 65.8 Å². The number of rotatable bonds is 7. The molecule has 156 valence electrons. The molecule has 0 spiro atoms. The van der Waals surface area contributed by atoms with Gasteiger partial charge in [0.25, 0.3) is 0 Å². The van der Waals surface area contributed by atoms with Crippen molar-refractivity contribution in [3.8, 4) is 5.75 Å². The van der Waals surface area contributed by atoms with Crippen molar-refractivity contribution in [2.24, 2.45) is 0 Å². The highest BCUT2D eigenvalue weighted by Gasteiger charge is 2.20. The number of nitrogens with zero attached hydrogens (tertiary/aromatic N) is 1. The average Bonchev–Trinajstić information content (AvgIpc) is 3.14. The Labute approximate surface area is 181 Å². The minimum absolute atomic E-state index is 0.356. The summed E-state index contributed by atoms with van der Waals surface area (Å²) in [5.41, 5.74) is 4.03. The van der Waals surface area contributed by atoms with Crippen molar-refractivity contribution >= 4 is 5.97 Å². The molecule has 0 fully saturated rings. The van der Waals surface area contributed by atoms with Crippen LogP contribution in [0.2, 0.25) is 0 Å². The number of hydrogen-bond acceptors (Lipinski definition) is 5. The summed E-state index contributed by atoms with van der Waals surface area (Å²) in [5.74, 6) is 1.000. The number of hydrogen-bond donors (Lipinski definition) is 0. The van der Waals surface area contributed by atoms with Gasteiger partial charge in [0.05, 0.1) is 16.8 Å². The zero-order valence-corrected chi connectivity index (χ0v) is 17.4. The van der Waals surface area contributed by atoms with E-state index in [-0.39, 0.29) is 0 Å². The zero-order valence-electron chi connectivity index (χ0n) is 17.4. The summed E-state index contributed by atoms with van der Waals surface area (Å²) < 4.78 is 16.9. The molecule has 0 saturated carbocycles. The molecule has 3 aromatic carbocycles. The molecular weight excluding hydrogens is 390 g/mol. The Balaban J connectivity index is 1.47. The van der Waals surface area contributed by atoms with Gasteiger partial charge in [-0.05, 0) is 49.2 Å². The van der Waals surface area contributed by atoms with Crippen molar-refractivity contribution in [2.45, 2.75) is 26.6 Å². The summed E-state index contributed by atoms with van der Waals surface area (Å²) in [6.45, 7) is 4.09. The zero-order chi connectivity index (χ0) is 21.6. The molecule has 31 heavy (non-hydrogen) atoms. The van der Waals surface area contributed by atoms with Gasteiger partial charge in [-0.3, -0.25) is 0 Å². The number of carbonyl (C=O) groups excluding carboxylic acids is 1. The third-order valence-corrected chi connectivity index (χ3v) is 5.08. The van der Waals surface area contributed by atoms with Crippen molar-refractivity contribution in [1.82, 2.24) is 5.16 Å². The number of carbonyl (C=O) groups is 1. The van der Waals surface area contributed by atoms with Crippen molar-refractivity contribution in [3.63, 3.8) is 0 Å². The van der Waals surface area contributed by atoms with Crippen LogP contribution in [0.15, 0.2) is 89.5 Å². The smallest absolute Gasteiger partial charge is 0.339 e. The summed E-state index contributed by atoms with van der Waals surface area (Å²) in [5, 5.41) is 3.93.